The summed E-state index contributed by atoms with van der Waals surface area (Å²) in [6.07, 6.45) is -9.16. The normalized spacial score (nSPS) is 30.9. The van der Waals surface area contributed by atoms with E-state index in [1.807, 2.05) is 13.8 Å². The molecule has 0 saturated carbocycles. The zero-order valence-corrected chi connectivity index (χ0v) is 18.6. The lowest BCUT2D eigenvalue weighted by molar-refractivity contribution is -0.903. The largest absolute Gasteiger partial charge is 1.00 e. The van der Waals surface area contributed by atoms with Crippen LogP contribution in [0.4, 0.5) is 32.0 Å². The van der Waals surface area contributed by atoms with Gasteiger partial charge in [0, 0.05) is 12.1 Å². The topological polar surface area (TPSA) is 47.0 Å². The van der Waals surface area contributed by atoms with Crippen LogP contribution in [0.1, 0.15) is 31.4 Å². The molecule has 3 heterocycles. The van der Waals surface area contributed by atoms with Crippen LogP contribution >= 0.6 is 12.2 Å². The average Bonchev–Trinajstić information content (AvgIpc) is 3.20. The minimum Gasteiger partial charge on any atom is -1.00 e. The first-order valence-corrected chi connectivity index (χ1v) is 10.2. The van der Waals surface area contributed by atoms with Crippen molar-refractivity contribution >= 4 is 23.0 Å². The minimum atomic E-state index is -4.92. The van der Waals surface area contributed by atoms with E-state index in [0.29, 0.717) is 25.1 Å². The Morgan fingerprint density at radius 1 is 1.03 bits per heavy atom. The molecule has 0 bridgehead atoms. The molecular weight excluding hydrogens is 484 g/mol. The van der Waals surface area contributed by atoms with Crippen molar-refractivity contribution < 1.29 is 53.1 Å². The number of anilines is 1. The van der Waals surface area contributed by atoms with Crippen LogP contribution < -0.4 is 27.9 Å². The predicted molar refractivity (Wildman–Crippen MR) is 103 cm³/mol. The highest BCUT2D eigenvalue weighted by molar-refractivity contribution is 7.80. The summed E-state index contributed by atoms with van der Waals surface area (Å²) in [6, 6.07) is 1.41. The van der Waals surface area contributed by atoms with Crippen LogP contribution in [-0.4, -0.2) is 48.3 Å². The summed E-state index contributed by atoms with van der Waals surface area (Å²) in [7, 11) is 0. The highest BCUT2D eigenvalue weighted by atomic mass is 35.5. The van der Waals surface area contributed by atoms with Crippen molar-refractivity contribution in [3.63, 3.8) is 0 Å². The summed E-state index contributed by atoms with van der Waals surface area (Å²) < 4.78 is 90.0. The van der Waals surface area contributed by atoms with Gasteiger partial charge in [-0.2, -0.15) is 26.3 Å². The lowest BCUT2D eigenvalue weighted by Gasteiger charge is -2.22. The van der Waals surface area contributed by atoms with Gasteiger partial charge >= 0.3 is 12.4 Å². The highest BCUT2D eigenvalue weighted by Gasteiger charge is 2.58. The quantitative estimate of drug-likeness (QED) is 0.376. The highest BCUT2D eigenvalue weighted by Crippen LogP contribution is 2.37. The van der Waals surface area contributed by atoms with Crippen LogP contribution in [0.25, 0.3) is 0 Å². The number of benzene rings is 1. The van der Waals surface area contributed by atoms with E-state index in [1.165, 1.54) is 4.90 Å². The van der Waals surface area contributed by atoms with Gasteiger partial charge in [-0.3, -0.25) is 0 Å². The van der Waals surface area contributed by atoms with Crippen LogP contribution in [0, 0.1) is 0 Å². The molecule has 0 aliphatic carbocycles. The fourth-order valence-electron chi connectivity index (χ4n) is 4.74. The Morgan fingerprint density at radius 3 is 2.19 bits per heavy atom. The first-order chi connectivity index (χ1) is 14.2. The first kappa shape index (κ1) is 25.3. The molecule has 1 aromatic carbocycles. The first-order valence-electron chi connectivity index (χ1n) is 9.78. The monoisotopic (exact) mass is 505 g/mol. The number of hydrogen-bond acceptors (Lipinski definition) is 3. The van der Waals surface area contributed by atoms with Gasteiger partial charge in [-0.1, -0.05) is 0 Å². The van der Waals surface area contributed by atoms with Crippen LogP contribution in [0.15, 0.2) is 18.2 Å². The maximum atomic E-state index is 13.0. The van der Waals surface area contributed by atoms with E-state index in [9.17, 15) is 26.3 Å². The van der Waals surface area contributed by atoms with Crippen molar-refractivity contribution in [2.75, 3.05) is 18.4 Å². The van der Waals surface area contributed by atoms with E-state index in [4.69, 9.17) is 21.7 Å². The Bertz CT molecular complexity index is 849. The van der Waals surface area contributed by atoms with E-state index in [-0.39, 0.29) is 53.6 Å². The summed E-state index contributed by atoms with van der Waals surface area (Å²) in [4.78, 5) is 1.28. The number of fused-ring (bicyclic) bond motifs is 3. The molecule has 0 spiro atoms. The third-order valence-corrected chi connectivity index (χ3v) is 6.05. The molecule has 4 rings (SSSR count). The molecular formula is C19H22ClF6N3O2S. The Labute approximate surface area is 192 Å². The van der Waals surface area contributed by atoms with Crippen molar-refractivity contribution in [3.8, 4) is 0 Å². The van der Waals surface area contributed by atoms with Gasteiger partial charge in [-0.15, -0.1) is 0 Å². The minimum absolute atomic E-state index is 0. The fraction of sp³-hybridized carbons (Fsp3) is 0.632. The number of ether oxygens (including phenoxy) is 2. The molecule has 5 nitrogen and oxygen atoms in total. The molecule has 180 valence electrons. The van der Waals surface area contributed by atoms with Gasteiger partial charge in [0.1, 0.15) is 24.8 Å². The van der Waals surface area contributed by atoms with E-state index in [0.717, 1.165) is 6.54 Å². The molecule has 3 saturated heterocycles. The molecule has 1 aromatic rings. The van der Waals surface area contributed by atoms with E-state index >= 15 is 0 Å². The number of hydrogen-bond donors (Lipinski definition) is 3. The predicted octanol–water partition coefficient (Wildman–Crippen LogP) is -0.426. The van der Waals surface area contributed by atoms with Crippen molar-refractivity contribution in [1.29, 1.82) is 0 Å². The lowest BCUT2D eigenvalue weighted by atomic mass is 10.1. The van der Waals surface area contributed by atoms with Gasteiger partial charge in [0.25, 0.3) is 0 Å². The van der Waals surface area contributed by atoms with E-state index < -0.39 is 29.3 Å². The molecule has 0 aromatic heterocycles. The molecule has 32 heavy (non-hydrogen) atoms. The Hall–Kier alpha value is -1.34. The van der Waals surface area contributed by atoms with Gasteiger partial charge in [-0.05, 0) is 44.3 Å². The van der Waals surface area contributed by atoms with Gasteiger partial charge in [0.05, 0.1) is 23.7 Å². The second-order valence-corrected chi connectivity index (χ2v) is 9.05. The fourth-order valence-corrected chi connectivity index (χ4v) is 5.02. The standard InChI is InChI=1S/C19H21F6N3O2S.ClH/c1-17(2)29-14-8-28-7-12(6-13(28)15(14)30-17)27-16(31)26-11-4-9(18(20,21)22)3-10(5-11)19(23,24)25;/h3-5,12-15H,6-8H2,1-2H3,(H2,26,27,31);1H/t12-,13-,14+,15-;/m0./s1. The molecule has 5 atom stereocenters. The summed E-state index contributed by atoms with van der Waals surface area (Å²) in [5.74, 6) is -0.636. The molecule has 13 heteroatoms. The third-order valence-electron chi connectivity index (χ3n) is 5.83. The zero-order valence-electron chi connectivity index (χ0n) is 17.0. The maximum Gasteiger partial charge on any atom is 0.416 e. The molecule has 0 amide bonds. The Morgan fingerprint density at radius 2 is 1.62 bits per heavy atom. The molecule has 3 aliphatic rings. The molecule has 0 radical (unpaired) electrons. The molecule has 3 N–H and O–H groups in total. The Balaban J connectivity index is 0.00000289. The second kappa shape index (κ2) is 8.46. The average molecular weight is 506 g/mol. The van der Waals surface area contributed by atoms with Crippen LogP contribution in [0.2, 0.25) is 0 Å². The summed E-state index contributed by atoms with van der Waals surface area (Å²) >= 11 is 5.16. The second-order valence-electron chi connectivity index (χ2n) is 8.64. The smallest absolute Gasteiger partial charge is 0.416 e. The molecule has 1 unspecified atom stereocenters. The van der Waals surface area contributed by atoms with Crippen LogP contribution in [0.5, 0.6) is 0 Å². The number of quaternary nitrogens is 1. The number of nitrogens with one attached hydrogen (secondary N) is 3. The molecule has 3 aliphatic heterocycles. The van der Waals surface area contributed by atoms with Gasteiger partial charge in [-0.25, -0.2) is 0 Å². The van der Waals surface area contributed by atoms with Gasteiger partial charge in [0.2, 0.25) is 0 Å². The van der Waals surface area contributed by atoms with Crippen LogP contribution in [0.3, 0.4) is 0 Å². The number of halogens is 7. The summed E-state index contributed by atoms with van der Waals surface area (Å²) in [5, 5.41) is 5.46. The summed E-state index contributed by atoms with van der Waals surface area (Å²) in [6.45, 7) is 5.20. The molecule has 3 fully saturated rings. The van der Waals surface area contributed by atoms with Gasteiger partial charge in [0.15, 0.2) is 10.9 Å². The van der Waals surface area contributed by atoms with Crippen molar-refractivity contribution in [2.45, 2.75) is 62.7 Å². The van der Waals surface area contributed by atoms with E-state index in [1.54, 1.807) is 0 Å². The number of alkyl halides is 6. The van der Waals surface area contributed by atoms with E-state index in [2.05, 4.69) is 10.6 Å². The van der Waals surface area contributed by atoms with Crippen molar-refractivity contribution in [2.24, 2.45) is 0 Å². The zero-order chi connectivity index (χ0) is 22.8. The van der Waals surface area contributed by atoms with Crippen LogP contribution in [-0.2, 0) is 21.8 Å². The maximum absolute atomic E-state index is 13.0. The lowest BCUT2D eigenvalue weighted by Crippen LogP contribution is -3.13. The number of rotatable bonds is 2. The van der Waals surface area contributed by atoms with Gasteiger partial charge < -0.3 is 37.4 Å². The van der Waals surface area contributed by atoms with Crippen molar-refractivity contribution in [1.82, 2.24) is 5.32 Å². The third kappa shape index (κ3) is 5.24. The summed E-state index contributed by atoms with van der Waals surface area (Å²) in [5.41, 5.74) is -3.17. The SMILES string of the molecule is CC1(C)O[C@@H]2[C@@H](C[NH+]3C[C@@H](NC(=S)Nc4cc(C(F)(F)F)cc(C(F)(F)F)c4)C[C@@H]23)O1.[Cl-]. The Kier molecular flexibility index (Phi) is 6.69. The van der Waals surface area contributed by atoms with Crippen molar-refractivity contribution in [3.05, 3.63) is 29.3 Å². The number of thiocarbonyl (C=S) groups is 1.